The number of nitrogens with one attached hydrogen (secondary N) is 1. The van der Waals surface area contributed by atoms with Gasteiger partial charge in [-0.05, 0) is 24.4 Å². The molecule has 1 aliphatic rings. The first kappa shape index (κ1) is 12.6. The van der Waals surface area contributed by atoms with Gasteiger partial charge in [0, 0.05) is 6.04 Å². The lowest BCUT2D eigenvalue weighted by Crippen LogP contribution is -2.16. The van der Waals surface area contributed by atoms with Gasteiger partial charge in [-0.3, -0.25) is 0 Å². The van der Waals surface area contributed by atoms with Crippen LogP contribution < -0.4 is 11.1 Å². The first-order valence-electron chi connectivity index (χ1n) is 5.79. The fraction of sp³-hybridized carbons (Fsp3) is 0.700. The van der Waals surface area contributed by atoms with Crippen molar-refractivity contribution in [3.8, 4) is 0 Å². The lowest BCUT2D eigenvalue weighted by molar-refractivity contribution is 0.598. The van der Waals surface area contributed by atoms with Gasteiger partial charge in [-0.25, -0.2) is 8.42 Å². The molecule has 0 saturated heterocycles. The summed E-state index contributed by atoms with van der Waals surface area (Å²) in [5, 5.41) is 3.88. The summed E-state index contributed by atoms with van der Waals surface area (Å²) in [5.41, 5.74) is 5.66. The predicted octanol–water partition coefficient (Wildman–Crippen LogP) is 1.87. The second kappa shape index (κ2) is 4.81. The number of rotatable bonds is 4. The van der Waals surface area contributed by atoms with E-state index in [4.69, 9.17) is 5.73 Å². The van der Waals surface area contributed by atoms with Crippen LogP contribution >= 0.6 is 11.5 Å². The molecule has 0 atom stereocenters. The number of hydrogen-bond acceptors (Lipinski definition) is 6. The number of aromatic nitrogens is 1. The standard InChI is InChI=1S/C10H17N3O2S2/c1-2-17(14,15)8-9(11)13-16-10(8)12-7-5-3-4-6-7/h7,12H,2-6H2,1H3,(H2,11,13). The van der Waals surface area contributed by atoms with Crippen molar-refractivity contribution in [2.45, 2.75) is 43.5 Å². The Balaban J connectivity index is 2.29. The molecule has 1 heterocycles. The predicted molar refractivity (Wildman–Crippen MR) is 70.1 cm³/mol. The van der Waals surface area contributed by atoms with Crippen LogP contribution in [0.4, 0.5) is 10.8 Å². The first-order chi connectivity index (χ1) is 8.04. The molecule has 1 aromatic rings. The van der Waals surface area contributed by atoms with Gasteiger partial charge >= 0.3 is 0 Å². The maximum Gasteiger partial charge on any atom is 0.184 e. The topological polar surface area (TPSA) is 85.1 Å². The Labute approximate surface area is 105 Å². The van der Waals surface area contributed by atoms with Crippen molar-refractivity contribution in [3.05, 3.63) is 0 Å². The molecule has 0 bridgehead atoms. The van der Waals surface area contributed by atoms with E-state index in [0.717, 1.165) is 24.4 Å². The van der Waals surface area contributed by atoms with Crippen LogP contribution in [-0.4, -0.2) is 24.6 Å². The van der Waals surface area contributed by atoms with Crippen LogP contribution in [0.3, 0.4) is 0 Å². The van der Waals surface area contributed by atoms with Crippen molar-refractivity contribution in [3.63, 3.8) is 0 Å². The summed E-state index contributed by atoms with van der Waals surface area (Å²) < 4.78 is 27.8. The molecular weight excluding hydrogens is 258 g/mol. The van der Waals surface area contributed by atoms with Crippen molar-refractivity contribution in [2.24, 2.45) is 0 Å². The summed E-state index contributed by atoms with van der Waals surface area (Å²) in [6.07, 6.45) is 4.57. The van der Waals surface area contributed by atoms with Crippen molar-refractivity contribution in [1.29, 1.82) is 0 Å². The van der Waals surface area contributed by atoms with Crippen LogP contribution in [-0.2, 0) is 9.84 Å². The highest BCUT2D eigenvalue weighted by atomic mass is 32.2. The third-order valence-corrected chi connectivity index (χ3v) is 5.77. The summed E-state index contributed by atoms with van der Waals surface area (Å²) in [6.45, 7) is 1.62. The van der Waals surface area contributed by atoms with Gasteiger partial charge in [0.1, 0.15) is 9.90 Å². The van der Waals surface area contributed by atoms with Crippen LogP contribution in [0.25, 0.3) is 0 Å². The van der Waals surface area contributed by atoms with E-state index in [-0.39, 0.29) is 16.5 Å². The fourth-order valence-electron chi connectivity index (χ4n) is 2.09. The van der Waals surface area contributed by atoms with Crippen LogP contribution in [0.1, 0.15) is 32.6 Å². The molecule has 0 aromatic carbocycles. The molecule has 7 heteroatoms. The van der Waals surface area contributed by atoms with Gasteiger partial charge in [-0.2, -0.15) is 4.37 Å². The van der Waals surface area contributed by atoms with E-state index in [1.54, 1.807) is 6.92 Å². The van der Waals surface area contributed by atoms with E-state index in [9.17, 15) is 8.42 Å². The average Bonchev–Trinajstić information content (AvgIpc) is 2.89. The van der Waals surface area contributed by atoms with Gasteiger partial charge in [-0.15, -0.1) is 0 Å². The second-order valence-corrected chi connectivity index (χ2v) is 7.24. The molecule has 0 aliphatic heterocycles. The number of nitrogens with zero attached hydrogens (tertiary/aromatic N) is 1. The van der Waals surface area contributed by atoms with Gasteiger partial charge in [0.15, 0.2) is 15.7 Å². The summed E-state index contributed by atoms with van der Waals surface area (Å²) >= 11 is 1.14. The summed E-state index contributed by atoms with van der Waals surface area (Å²) in [6, 6.07) is 0.362. The number of nitrogens with two attached hydrogens (primary N) is 1. The summed E-state index contributed by atoms with van der Waals surface area (Å²) in [5.74, 6) is 0.173. The molecule has 2 rings (SSSR count). The molecule has 17 heavy (non-hydrogen) atoms. The van der Waals surface area contributed by atoms with E-state index < -0.39 is 9.84 Å². The van der Waals surface area contributed by atoms with Crippen LogP contribution in [0.5, 0.6) is 0 Å². The van der Waals surface area contributed by atoms with E-state index in [1.165, 1.54) is 12.8 Å². The average molecular weight is 275 g/mol. The number of hydrogen-bond donors (Lipinski definition) is 2. The molecule has 0 spiro atoms. The Hall–Kier alpha value is -0.820. The Morgan fingerprint density at radius 2 is 2.12 bits per heavy atom. The zero-order chi connectivity index (χ0) is 12.5. The minimum atomic E-state index is -3.30. The molecule has 1 aromatic heterocycles. The van der Waals surface area contributed by atoms with Crippen molar-refractivity contribution in [1.82, 2.24) is 4.37 Å². The summed E-state index contributed by atoms with van der Waals surface area (Å²) in [7, 11) is -3.30. The molecule has 0 amide bonds. The molecule has 1 aliphatic carbocycles. The molecule has 0 radical (unpaired) electrons. The second-order valence-electron chi connectivity index (χ2n) is 4.26. The van der Waals surface area contributed by atoms with E-state index in [2.05, 4.69) is 9.69 Å². The highest BCUT2D eigenvalue weighted by Crippen LogP contribution is 2.34. The number of sulfone groups is 1. The molecule has 1 fully saturated rings. The zero-order valence-electron chi connectivity index (χ0n) is 9.77. The van der Waals surface area contributed by atoms with Gasteiger partial charge in [0.25, 0.3) is 0 Å². The van der Waals surface area contributed by atoms with Gasteiger partial charge in [-0.1, -0.05) is 19.8 Å². The van der Waals surface area contributed by atoms with Crippen LogP contribution in [0, 0.1) is 0 Å². The highest BCUT2D eigenvalue weighted by molar-refractivity contribution is 7.91. The Bertz CT molecular complexity index is 490. The van der Waals surface area contributed by atoms with E-state index >= 15 is 0 Å². The van der Waals surface area contributed by atoms with E-state index in [1.807, 2.05) is 0 Å². The molecule has 5 nitrogen and oxygen atoms in total. The maximum atomic E-state index is 11.9. The molecule has 1 saturated carbocycles. The fourth-order valence-corrected chi connectivity index (χ4v) is 4.32. The zero-order valence-corrected chi connectivity index (χ0v) is 11.4. The Morgan fingerprint density at radius 1 is 1.47 bits per heavy atom. The van der Waals surface area contributed by atoms with Crippen molar-refractivity contribution in [2.75, 3.05) is 16.8 Å². The normalized spacial score (nSPS) is 17.5. The molecular formula is C10H17N3O2S2. The van der Waals surface area contributed by atoms with Crippen molar-refractivity contribution >= 4 is 32.2 Å². The monoisotopic (exact) mass is 275 g/mol. The highest BCUT2D eigenvalue weighted by Gasteiger charge is 2.26. The number of anilines is 2. The van der Waals surface area contributed by atoms with Gasteiger partial charge in [0.2, 0.25) is 0 Å². The van der Waals surface area contributed by atoms with Crippen LogP contribution in [0.15, 0.2) is 4.90 Å². The Morgan fingerprint density at radius 3 is 2.71 bits per heavy atom. The largest absolute Gasteiger partial charge is 0.382 e. The van der Waals surface area contributed by atoms with Gasteiger partial charge < -0.3 is 11.1 Å². The van der Waals surface area contributed by atoms with E-state index in [0.29, 0.717) is 11.0 Å². The summed E-state index contributed by atoms with van der Waals surface area (Å²) in [4.78, 5) is 0.192. The lowest BCUT2D eigenvalue weighted by atomic mass is 10.2. The minimum Gasteiger partial charge on any atom is -0.382 e. The first-order valence-corrected chi connectivity index (χ1v) is 8.21. The SMILES string of the molecule is CCS(=O)(=O)c1c(N)nsc1NC1CCCC1. The number of nitrogen functional groups attached to an aromatic ring is 1. The third-order valence-electron chi connectivity index (χ3n) is 3.06. The quantitative estimate of drug-likeness (QED) is 0.876. The minimum absolute atomic E-state index is 0.0506. The molecule has 0 unspecified atom stereocenters. The van der Waals surface area contributed by atoms with Crippen molar-refractivity contribution < 1.29 is 8.42 Å². The molecule has 3 N–H and O–H groups in total. The third kappa shape index (κ3) is 2.55. The maximum absolute atomic E-state index is 11.9. The Kier molecular flexibility index (Phi) is 3.58. The van der Waals surface area contributed by atoms with Crippen LogP contribution in [0.2, 0.25) is 0 Å². The lowest BCUT2D eigenvalue weighted by Gasteiger charge is -2.12. The molecule has 96 valence electrons. The smallest absolute Gasteiger partial charge is 0.184 e. The van der Waals surface area contributed by atoms with Gasteiger partial charge in [0.05, 0.1) is 5.75 Å².